The summed E-state index contributed by atoms with van der Waals surface area (Å²) in [7, 11) is -0.793. The van der Waals surface area contributed by atoms with Crippen LogP contribution in [0.3, 0.4) is 0 Å². The molecule has 0 aliphatic heterocycles. The Hall–Kier alpha value is -2.42. The standard InChI is InChI=1S/C22H30N2O5S/c1-17-14-20(10-11-21(17)29-4)30(26,27)24(13-12-19-8-6-5-7-9-19)15-22(25)23-18(2)16-28-3/h5-11,14,18H,12-13,15-16H2,1-4H3,(H,23,25)/t18-/m1/s1. The van der Waals surface area contributed by atoms with E-state index in [1.807, 2.05) is 30.3 Å². The van der Waals surface area contributed by atoms with Crippen LogP contribution >= 0.6 is 0 Å². The van der Waals surface area contributed by atoms with Gasteiger partial charge in [0.05, 0.1) is 25.2 Å². The molecule has 0 bridgehead atoms. The van der Waals surface area contributed by atoms with Gasteiger partial charge >= 0.3 is 0 Å². The molecule has 2 aromatic carbocycles. The number of carbonyl (C=O) groups is 1. The number of sulfonamides is 1. The average molecular weight is 435 g/mol. The average Bonchev–Trinajstić information content (AvgIpc) is 2.71. The fraction of sp³-hybridized carbons (Fsp3) is 0.409. The molecule has 2 aromatic rings. The first-order valence-corrected chi connectivity index (χ1v) is 11.2. The van der Waals surface area contributed by atoms with Gasteiger partial charge in [-0.1, -0.05) is 30.3 Å². The SMILES string of the molecule is COC[C@@H](C)NC(=O)CN(CCc1ccccc1)S(=O)(=O)c1ccc(OC)c(C)c1. The third-order valence-electron chi connectivity index (χ3n) is 4.64. The zero-order chi connectivity index (χ0) is 22.1. The van der Waals surface area contributed by atoms with E-state index in [4.69, 9.17) is 9.47 Å². The minimum atomic E-state index is -3.88. The Morgan fingerprint density at radius 3 is 2.43 bits per heavy atom. The highest BCUT2D eigenvalue weighted by molar-refractivity contribution is 7.89. The Kier molecular flexibility index (Phi) is 8.83. The maximum Gasteiger partial charge on any atom is 0.243 e. The first-order chi connectivity index (χ1) is 14.3. The van der Waals surface area contributed by atoms with Crippen molar-refractivity contribution < 1.29 is 22.7 Å². The van der Waals surface area contributed by atoms with Crippen molar-refractivity contribution >= 4 is 15.9 Å². The Balaban J connectivity index is 2.26. The number of carbonyl (C=O) groups excluding carboxylic acids is 1. The smallest absolute Gasteiger partial charge is 0.243 e. The third-order valence-corrected chi connectivity index (χ3v) is 6.48. The Morgan fingerprint density at radius 2 is 1.83 bits per heavy atom. The van der Waals surface area contributed by atoms with Gasteiger partial charge in [-0.25, -0.2) is 8.42 Å². The molecular formula is C22H30N2O5S. The van der Waals surface area contributed by atoms with Gasteiger partial charge in [-0.05, 0) is 49.6 Å². The second-order valence-electron chi connectivity index (χ2n) is 7.13. The van der Waals surface area contributed by atoms with Crippen molar-refractivity contribution in [2.75, 3.05) is 33.9 Å². The molecule has 0 saturated carbocycles. The van der Waals surface area contributed by atoms with Crippen molar-refractivity contribution in [3.63, 3.8) is 0 Å². The Labute approximate surface area is 179 Å². The van der Waals surface area contributed by atoms with Crippen LogP contribution in [0.1, 0.15) is 18.1 Å². The van der Waals surface area contributed by atoms with Crippen LogP contribution in [0.2, 0.25) is 0 Å². The summed E-state index contributed by atoms with van der Waals surface area (Å²) in [5.74, 6) is 0.234. The lowest BCUT2D eigenvalue weighted by Crippen LogP contribution is -2.45. The van der Waals surface area contributed by atoms with Gasteiger partial charge in [0.25, 0.3) is 0 Å². The van der Waals surface area contributed by atoms with E-state index in [1.54, 1.807) is 33.1 Å². The number of methoxy groups -OCH3 is 2. The normalized spacial score (nSPS) is 12.6. The molecule has 0 aliphatic carbocycles. The molecule has 0 radical (unpaired) electrons. The number of amides is 1. The lowest BCUT2D eigenvalue weighted by atomic mass is 10.1. The highest BCUT2D eigenvalue weighted by Gasteiger charge is 2.27. The maximum absolute atomic E-state index is 13.3. The van der Waals surface area contributed by atoms with Crippen molar-refractivity contribution in [2.24, 2.45) is 0 Å². The summed E-state index contributed by atoms with van der Waals surface area (Å²) in [6.07, 6.45) is 0.496. The zero-order valence-electron chi connectivity index (χ0n) is 17.9. The van der Waals surface area contributed by atoms with Gasteiger partial charge in [0.2, 0.25) is 15.9 Å². The van der Waals surface area contributed by atoms with E-state index in [0.29, 0.717) is 24.3 Å². The summed E-state index contributed by atoms with van der Waals surface area (Å²) in [6.45, 7) is 3.85. The minimum absolute atomic E-state index is 0.131. The number of aryl methyl sites for hydroxylation is 1. The molecule has 0 aromatic heterocycles. The molecule has 2 rings (SSSR count). The van der Waals surface area contributed by atoms with Crippen LogP contribution in [0.5, 0.6) is 5.75 Å². The summed E-state index contributed by atoms with van der Waals surface area (Å²) < 4.78 is 38.1. The molecule has 7 nitrogen and oxygen atoms in total. The molecular weight excluding hydrogens is 404 g/mol. The van der Waals surface area contributed by atoms with Gasteiger partial charge in [-0.3, -0.25) is 4.79 Å². The zero-order valence-corrected chi connectivity index (χ0v) is 18.7. The maximum atomic E-state index is 13.3. The molecule has 164 valence electrons. The van der Waals surface area contributed by atoms with E-state index in [0.717, 1.165) is 5.56 Å². The molecule has 0 unspecified atom stereocenters. The van der Waals surface area contributed by atoms with Crippen molar-refractivity contribution in [2.45, 2.75) is 31.2 Å². The lowest BCUT2D eigenvalue weighted by Gasteiger charge is -2.23. The third kappa shape index (κ3) is 6.55. The molecule has 8 heteroatoms. The van der Waals surface area contributed by atoms with Crippen molar-refractivity contribution in [1.82, 2.24) is 9.62 Å². The molecule has 0 heterocycles. The monoisotopic (exact) mass is 434 g/mol. The van der Waals surface area contributed by atoms with Crippen LogP contribution in [-0.4, -0.2) is 58.6 Å². The predicted octanol–water partition coefficient (Wildman–Crippen LogP) is 2.39. The van der Waals surface area contributed by atoms with Gasteiger partial charge < -0.3 is 14.8 Å². The van der Waals surface area contributed by atoms with Crippen molar-refractivity contribution in [3.8, 4) is 5.75 Å². The van der Waals surface area contributed by atoms with Crippen molar-refractivity contribution in [1.29, 1.82) is 0 Å². The summed E-state index contributed by atoms with van der Waals surface area (Å²) >= 11 is 0. The summed E-state index contributed by atoms with van der Waals surface area (Å²) in [6, 6.07) is 14.1. The predicted molar refractivity (Wildman–Crippen MR) is 116 cm³/mol. The van der Waals surface area contributed by atoms with Crippen LogP contribution in [0, 0.1) is 6.92 Å². The van der Waals surface area contributed by atoms with E-state index in [2.05, 4.69) is 5.32 Å². The summed E-state index contributed by atoms with van der Waals surface area (Å²) in [5, 5.41) is 2.77. The lowest BCUT2D eigenvalue weighted by molar-refractivity contribution is -0.122. The van der Waals surface area contributed by atoms with Gasteiger partial charge in [0, 0.05) is 19.7 Å². The molecule has 1 amide bonds. The fourth-order valence-electron chi connectivity index (χ4n) is 3.12. The first-order valence-electron chi connectivity index (χ1n) is 9.75. The summed E-state index contributed by atoms with van der Waals surface area (Å²) in [4.78, 5) is 12.6. The van der Waals surface area contributed by atoms with Crippen LogP contribution in [0.25, 0.3) is 0 Å². The number of nitrogens with one attached hydrogen (secondary N) is 1. The van der Waals surface area contributed by atoms with Gasteiger partial charge in [0.1, 0.15) is 5.75 Å². The number of hydrogen-bond acceptors (Lipinski definition) is 5. The molecule has 0 aliphatic rings. The van der Waals surface area contributed by atoms with E-state index in [9.17, 15) is 13.2 Å². The van der Waals surface area contributed by atoms with E-state index < -0.39 is 10.0 Å². The molecule has 0 spiro atoms. The van der Waals surface area contributed by atoms with E-state index in [1.165, 1.54) is 17.5 Å². The van der Waals surface area contributed by atoms with Crippen LogP contribution < -0.4 is 10.1 Å². The van der Waals surface area contributed by atoms with Crippen LogP contribution in [-0.2, 0) is 26.0 Å². The molecule has 1 atom stereocenters. The number of ether oxygens (including phenoxy) is 2. The Morgan fingerprint density at radius 1 is 1.13 bits per heavy atom. The molecule has 30 heavy (non-hydrogen) atoms. The van der Waals surface area contributed by atoms with E-state index >= 15 is 0 Å². The van der Waals surface area contributed by atoms with E-state index in [-0.39, 0.29) is 29.9 Å². The van der Waals surface area contributed by atoms with Gasteiger partial charge in [0.15, 0.2) is 0 Å². The number of benzene rings is 2. The highest BCUT2D eigenvalue weighted by Crippen LogP contribution is 2.24. The highest BCUT2D eigenvalue weighted by atomic mass is 32.2. The van der Waals surface area contributed by atoms with Crippen LogP contribution in [0.4, 0.5) is 0 Å². The van der Waals surface area contributed by atoms with Crippen molar-refractivity contribution in [3.05, 3.63) is 59.7 Å². The largest absolute Gasteiger partial charge is 0.496 e. The Bertz CT molecular complexity index is 932. The first kappa shape index (κ1) is 23.9. The fourth-order valence-corrected chi connectivity index (χ4v) is 4.60. The second-order valence-corrected chi connectivity index (χ2v) is 9.07. The molecule has 0 saturated heterocycles. The topological polar surface area (TPSA) is 84.9 Å². The molecule has 1 N–H and O–H groups in total. The van der Waals surface area contributed by atoms with Gasteiger partial charge in [-0.2, -0.15) is 4.31 Å². The number of hydrogen-bond donors (Lipinski definition) is 1. The second kappa shape index (κ2) is 11.1. The van der Waals surface area contributed by atoms with Gasteiger partial charge in [-0.15, -0.1) is 0 Å². The quantitative estimate of drug-likeness (QED) is 0.587. The molecule has 0 fully saturated rings. The van der Waals surface area contributed by atoms with Crippen LogP contribution in [0.15, 0.2) is 53.4 Å². The number of nitrogens with zero attached hydrogens (tertiary/aromatic N) is 1. The minimum Gasteiger partial charge on any atom is -0.496 e. The summed E-state index contributed by atoms with van der Waals surface area (Å²) in [5.41, 5.74) is 1.71. The number of rotatable bonds is 11.